The van der Waals surface area contributed by atoms with E-state index >= 15 is 0 Å². The molecule has 2 aliphatic rings. The first-order valence-electron chi connectivity index (χ1n) is 11.6. The van der Waals surface area contributed by atoms with E-state index in [-0.39, 0.29) is 53.2 Å². The number of halogens is 1. The van der Waals surface area contributed by atoms with E-state index < -0.39 is 38.3 Å². The Hall–Kier alpha value is -3.52. The van der Waals surface area contributed by atoms with Gasteiger partial charge in [-0.05, 0) is 42.5 Å². The molecule has 200 valence electrons. The van der Waals surface area contributed by atoms with Crippen molar-refractivity contribution >= 4 is 37.3 Å². The van der Waals surface area contributed by atoms with Crippen LogP contribution < -0.4 is 14.4 Å². The Kier molecular flexibility index (Phi) is 6.86. The van der Waals surface area contributed by atoms with Crippen molar-refractivity contribution in [1.82, 2.24) is 4.31 Å². The van der Waals surface area contributed by atoms with Crippen LogP contribution in [0.1, 0.15) is 0 Å². The predicted octanol–water partition coefficient (Wildman–Crippen LogP) is 2.67. The summed E-state index contributed by atoms with van der Waals surface area (Å²) in [5, 5.41) is 2.58. The third-order valence-corrected chi connectivity index (χ3v) is 10.0. The van der Waals surface area contributed by atoms with Gasteiger partial charge in [-0.15, -0.1) is 0 Å². The molecule has 13 heteroatoms. The summed E-state index contributed by atoms with van der Waals surface area (Å²) in [6, 6.07) is 13.9. The largest absolute Gasteiger partial charge is 0.495 e. The second-order valence-corrected chi connectivity index (χ2v) is 12.4. The molecule has 10 nitrogen and oxygen atoms in total. The van der Waals surface area contributed by atoms with Gasteiger partial charge in [-0.1, -0.05) is 18.2 Å². The predicted molar refractivity (Wildman–Crippen MR) is 138 cm³/mol. The highest BCUT2D eigenvalue weighted by molar-refractivity contribution is 7.93. The van der Waals surface area contributed by atoms with E-state index in [0.717, 1.165) is 10.4 Å². The van der Waals surface area contributed by atoms with Gasteiger partial charge in [0.2, 0.25) is 15.9 Å². The van der Waals surface area contributed by atoms with Gasteiger partial charge in [0, 0.05) is 24.2 Å². The average molecular weight is 562 g/mol. The van der Waals surface area contributed by atoms with Crippen LogP contribution in [-0.2, 0) is 29.6 Å². The zero-order chi connectivity index (χ0) is 27.1. The lowest BCUT2D eigenvalue weighted by Crippen LogP contribution is -2.41. The number of benzene rings is 3. The summed E-state index contributed by atoms with van der Waals surface area (Å²) in [5.74, 6) is -1.11. The van der Waals surface area contributed by atoms with Crippen LogP contribution in [0.4, 0.5) is 15.8 Å². The van der Waals surface area contributed by atoms with Crippen LogP contribution >= 0.6 is 0 Å². The number of carbonyl (C=O) groups is 1. The van der Waals surface area contributed by atoms with Crippen LogP contribution in [-0.4, -0.2) is 67.0 Å². The monoisotopic (exact) mass is 561 g/mol. The molecule has 0 spiro atoms. The van der Waals surface area contributed by atoms with Crippen molar-refractivity contribution in [2.75, 3.05) is 49.6 Å². The number of amides is 1. The Balaban J connectivity index is 1.46. The average Bonchev–Trinajstić information content (AvgIpc) is 2.91. The SMILES string of the molecule is COc1ccc(S(=O)(=O)N2CCOCC2)cc1NC(=O)CN1c2ccc(F)cc2-c2ccccc2S1(=O)=O. The molecule has 0 atom stereocenters. The summed E-state index contributed by atoms with van der Waals surface area (Å²) in [7, 11) is -6.66. The Morgan fingerprint density at radius 3 is 2.53 bits per heavy atom. The first-order valence-corrected chi connectivity index (χ1v) is 14.5. The quantitative estimate of drug-likeness (QED) is 0.491. The highest BCUT2D eigenvalue weighted by atomic mass is 32.2. The van der Waals surface area contributed by atoms with Crippen LogP contribution in [0.2, 0.25) is 0 Å². The summed E-state index contributed by atoms with van der Waals surface area (Å²) < 4.78 is 79.9. The molecule has 38 heavy (non-hydrogen) atoms. The van der Waals surface area contributed by atoms with Gasteiger partial charge in [0.25, 0.3) is 10.0 Å². The molecule has 3 aromatic carbocycles. The van der Waals surface area contributed by atoms with Crippen molar-refractivity contribution in [3.63, 3.8) is 0 Å². The van der Waals surface area contributed by atoms with Crippen molar-refractivity contribution in [2.45, 2.75) is 9.79 Å². The number of methoxy groups -OCH3 is 1. The minimum atomic E-state index is -4.15. The smallest absolute Gasteiger partial charge is 0.265 e. The first kappa shape index (κ1) is 26.1. The lowest BCUT2D eigenvalue weighted by Gasteiger charge is -2.31. The van der Waals surface area contributed by atoms with Gasteiger partial charge in [-0.2, -0.15) is 4.31 Å². The molecule has 0 saturated carbocycles. The normalized spacial score (nSPS) is 16.8. The van der Waals surface area contributed by atoms with Gasteiger partial charge in [0.15, 0.2) is 0 Å². The number of anilines is 2. The van der Waals surface area contributed by atoms with Crippen LogP contribution in [0.15, 0.2) is 70.5 Å². The van der Waals surface area contributed by atoms with Crippen molar-refractivity contribution in [2.24, 2.45) is 0 Å². The van der Waals surface area contributed by atoms with Crippen molar-refractivity contribution < 1.29 is 35.5 Å². The minimum absolute atomic E-state index is 0.0536. The van der Waals surface area contributed by atoms with Crippen LogP contribution in [0.5, 0.6) is 5.75 Å². The molecule has 3 aromatic rings. The Bertz CT molecular complexity index is 1620. The number of carbonyl (C=O) groups excluding carboxylic acids is 1. The number of morpholine rings is 1. The van der Waals surface area contributed by atoms with Crippen molar-refractivity contribution in [3.8, 4) is 16.9 Å². The number of nitrogens with one attached hydrogen (secondary N) is 1. The van der Waals surface area contributed by atoms with Crippen LogP contribution in [0.3, 0.4) is 0 Å². The molecule has 0 radical (unpaired) electrons. The molecule has 1 saturated heterocycles. The fraction of sp³-hybridized carbons (Fsp3) is 0.240. The fourth-order valence-electron chi connectivity index (χ4n) is 4.48. The highest BCUT2D eigenvalue weighted by Crippen LogP contribution is 2.43. The van der Waals surface area contributed by atoms with Crippen molar-refractivity contribution in [3.05, 3.63) is 66.5 Å². The Morgan fingerprint density at radius 1 is 1.05 bits per heavy atom. The molecule has 1 fully saturated rings. The zero-order valence-corrected chi connectivity index (χ0v) is 21.9. The lowest BCUT2D eigenvalue weighted by atomic mass is 10.0. The molecule has 1 N–H and O–H groups in total. The maximum Gasteiger partial charge on any atom is 0.265 e. The zero-order valence-electron chi connectivity index (χ0n) is 20.3. The Labute approximate surface area is 219 Å². The molecule has 5 rings (SSSR count). The van der Waals surface area contributed by atoms with Gasteiger partial charge in [-0.25, -0.2) is 21.2 Å². The molecule has 1 amide bonds. The summed E-state index contributed by atoms with van der Waals surface area (Å²) in [6.45, 7) is 0.309. The van der Waals surface area contributed by atoms with E-state index in [1.807, 2.05) is 0 Å². The standard InChI is InChI=1S/C25H24FN3O7S2/c1-35-23-9-7-18(37(31,32)28-10-12-36-13-11-28)15-21(23)27-25(30)16-29-22-8-6-17(26)14-20(22)19-4-2-3-5-24(19)38(29,33)34/h2-9,14-15H,10-13,16H2,1H3,(H,27,30). The number of hydrogen-bond acceptors (Lipinski definition) is 7. The number of rotatable bonds is 6. The molecule has 2 aliphatic heterocycles. The summed E-state index contributed by atoms with van der Waals surface area (Å²) in [5.41, 5.74) is 0.873. The second kappa shape index (κ2) is 9.98. The maximum atomic E-state index is 14.1. The first-order chi connectivity index (χ1) is 18.1. The number of ether oxygens (including phenoxy) is 2. The molecule has 0 unspecified atom stereocenters. The summed E-state index contributed by atoms with van der Waals surface area (Å²) >= 11 is 0. The van der Waals surface area contributed by atoms with Crippen LogP contribution in [0, 0.1) is 5.82 Å². The molecule has 2 heterocycles. The van der Waals surface area contributed by atoms with Crippen molar-refractivity contribution in [1.29, 1.82) is 0 Å². The Morgan fingerprint density at radius 2 is 1.79 bits per heavy atom. The molecular weight excluding hydrogens is 537 g/mol. The van der Waals surface area contributed by atoms with E-state index in [9.17, 15) is 26.0 Å². The molecule has 0 bridgehead atoms. The molecule has 0 aromatic heterocycles. The van der Waals surface area contributed by atoms with E-state index in [2.05, 4.69) is 5.32 Å². The number of nitrogens with zero attached hydrogens (tertiary/aromatic N) is 2. The van der Waals surface area contributed by atoms with E-state index in [4.69, 9.17) is 9.47 Å². The maximum absolute atomic E-state index is 14.1. The fourth-order valence-corrected chi connectivity index (χ4v) is 7.56. The van der Waals surface area contributed by atoms with E-state index in [0.29, 0.717) is 11.1 Å². The van der Waals surface area contributed by atoms with Gasteiger partial charge in [-0.3, -0.25) is 9.10 Å². The molecular formula is C25H24FN3O7S2. The van der Waals surface area contributed by atoms with Gasteiger partial charge >= 0.3 is 0 Å². The number of sulfonamides is 2. The molecule has 0 aliphatic carbocycles. The van der Waals surface area contributed by atoms with E-state index in [1.165, 1.54) is 47.8 Å². The third kappa shape index (κ3) is 4.62. The lowest BCUT2D eigenvalue weighted by molar-refractivity contribution is -0.114. The van der Waals surface area contributed by atoms with Gasteiger partial charge < -0.3 is 14.8 Å². The topological polar surface area (TPSA) is 122 Å². The third-order valence-electron chi connectivity index (χ3n) is 6.31. The highest BCUT2D eigenvalue weighted by Gasteiger charge is 2.36. The second-order valence-electron chi connectivity index (χ2n) is 8.60. The number of fused-ring (bicyclic) bond motifs is 3. The summed E-state index contributed by atoms with van der Waals surface area (Å²) in [4.78, 5) is 13.1. The minimum Gasteiger partial charge on any atom is -0.495 e. The van der Waals surface area contributed by atoms with Gasteiger partial charge in [0.05, 0.1) is 41.5 Å². The number of hydrogen-bond donors (Lipinski definition) is 1. The summed E-state index contributed by atoms with van der Waals surface area (Å²) in [6.07, 6.45) is 0. The van der Waals surface area contributed by atoms with E-state index in [1.54, 1.807) is 18.2 Å². The van der Waals surface area contributed by atoms with Gasteiger partial charge in [0.1, 0.15) is 18.1 Å². The van der Waals surface area contributed by atoms with Crippen LogP contribution in [0.25, 0.3) is 11.1 Å².